The first kappa shape index (κ1) is 19.2. The topological polar surface area (TPSA) is 67.4 Å². The van der Waals surface area contributed by atoms with Crippen molar-refractivity contribution in [2.45, 2.75) is 25.8 Å². The Morgan fingerprint density at radius 2 is 2.04 bits per heavy atom. The van der Waals surface area contributed by atoms with Gasteiger partial charge in [0.25, 0.3) is 5.91 Å². The molecule has 1 aliphatic carbocycles. The molecule has 1 atom stereocenters. The van der Waals surface area contributed by atoms with Crippen LogP contribution in [0.15, 0.2) is 42.5 Å². The third-order valence-electron chi connectivity index (χ3n) is 4.24. The van der Waals surface area contributed by atoms with Gasteiger partial charge in [-0.05, 0) is 49.6 Å². The third-order valence-corrected chi connectivity index (χ3v) is 4.53. The Morgan fingerprint density at radius 3 is 2.74 bits per heavy atom. The predicted octanol–water partition coefficient (Wildman–Crippen LogP) is 4.08. The lowest BCUT2D eigenvalue weighted by Gasteiger charge is -2.15. The zero-order chi connectivity index (χ0) is 19.4. The second-order valence-electron chi connectivity index (χ2n) is 6.54. The summed E-state index contributed by atoms with van der Waals surface area (Å²) >= 11 is 5.77. The van der Waals surface area contributed by atoms with Gasteiger partial charge in [-0.2, -0.15) is 0 Å². The van der Waals surface area contributed by atoms with Crippen LogP contribution in [0.5, 0.6) is 5.75 Å². The molecule has 0 heterocycles. The third kappa shape index (κ3) is 5.44. The molecular weight excluding hydrogens is 371 g/mol. The summed E-state index contributed by atoms with van der Waals surface area (Å²) in [7, 11) is 0. The van der Waals surface area contributed by atoms with Crippen LogP contribution in [0.4, 0.5) is 10.1 Å². The molecule has 0 saturated heterocycles. The average molecular weight is 391 g/mol. The van der Waals surface area contributed by atoms with Gasteiger partial charge >= 0.3 is 0 Å². The van der Waals surface area contributed by atoms with Gasteiger partial charge in [-0.3, -0.25) is 9.59 Å². The van der Waals surface area contributed by atoms with E-state index in [1.165, 1.54) is 12.1 Å². The summed E-state index contributed by atoms with van der Waals surface area (Å²) in [5, 5.41) is 5.61. The van der Waals surface area contributed by atoms with E-state index >= 15 is 0 Å². The van der Waals surface area contributed by atoms with Crippen molar-refractivity contribution >= 4 is 29.1 Å². The molecule has 0 aliphatic heterocycles. The van der Waals surface area contributed by atoms with Crippen molar-refractivity contribution in [2.24, 2.45) is 5.92 Å². The van der Waals surface area contributed by atoms with Crippen LogP contribution in [-0.4, -0.2) is 18.4 Å². The Balaban J connectivity index is 1.51. The monoisotopic (exact) mass is 390 g/mol. The largest absolute Gasteiger partial charge is 0.484 e. The van der Waals surface area contributed by atoms with Crippen LogP contribution in [-0.2, 0) is 9.59 Å². The van der Waals surface area contributed by atoms with Crippen molar-refractivity contribution in [3.63, 3.8) is 0 Å². The molecule has 27 heavy (non-hydrogen) atoms. The van der Waals surface area contributed by atoms with Gasteiger partial charge in [-0.25, -0.2) is 4.39 Å². The van der Waals surface area contributed by atoms with Crippen LogP contribution in [0.1, 0.15) is 31.4 Å². The highest BCUT2D eigenvalue weighted by molar-refractivity contribution is 6.30. The van der Waals surface area contributed by atoms with Crippen LogP contribution in [0, 0.1) is 11.7 Å². The molecule has 2 amide bonds. The molecule has 2 N–H and O–H groups in total. The zero-order valence-electron chi connectivity index (χ0n) is 14.8. The van der Waals surface area contributed by atoms with Crippen LogP contribution < -0.4 is 15.4 Å². The normalized spacial score (nSPS) is 14.3. The molecule has 0 aromatic heterocycles. The van der Waals surface area contributed by atoms with Gasteiger partial charge in [0.05, 0.1) is 11.1 Å². The maximum Gasteiger partial charge on any atom is 0.258 e. The minimum atomic E-state index is -0.504. The Bertz CT molecular complexity index is 855. The fourth-order valence-corrected chi connectivity index (χ4v) is 2.74. The Hall–Kier alpha value is -2.60. The van der Waals surface area contributed by atoms with E-state index in [0.29, 0.717) is 17.0 Å². The maximum absolute atomic E-state index is 13.2. The van der Waals surface area contributed by atoms with Gasteiger partial charge in [0.15, 0.2) is 6.61 Å². The van der Waals surface area contributed by atoms with Gasteiger partial charge in [-0.15, -0.1) is 0 Å². The van der Waals surface area contributed by atoms with Crippen LogP contribution >= 0.6 is 11.6 Å². The molecule has 0 bridgehead atoms. The Labute approximate surface area is 161 Å². The van der Waals surface area contributed by atoms with E-state index in [2.05, 4.69) is 10.6 Å². The molecule has 1 fully saturated rings. The lowest BCUT2D eigenvalue weighted by atomic mass is 10.1. The lowest BCUT2D eigenvalue weighted by molar-refractivity contribution is -0.123. The molecule has 7 heteroatoms. The van der Waals surface area contributed by atoms with Crippen molar-refractivity contribution in [1.29, 1.82) is 0 Å². The first-order valence-corrected chi connectivity index (χ1v) is 9.08. The number of benzene rings is 2. The average Bonchev–Trinajstić information content (AvgIpc) is 3.48. The number of nitrogens with one attached hydrogen (secondary N) is 2. The smallest absolute Gasteiger partial charge is 0.258 e. The van der Waals surface area contributed by atoms with Gasteiger partial charge in [0, 0.05) is 17.7 Å². The van der Waals surface area contributed by atoms with E-state index in [4.69, 9.17) is 16.3 Å². The highest BCUT2D eigenvalue weighted by atomic mass is 35.5. The summed E-state index contributed by atoms with van der Waals surface area (Å²) in [6.07, 6.45) is 1.86. The molecule has 1 aliphatic rings. The Morgan fingerprint density at radius 1 is 1.26 bits per heavy atom. The van der Waals surface area contributed by atoms with Crippen molar-refractivity contribution in [1.82, 2.24) is 5.32 Å². The highest BCUT2D eigenvalue weighted by Crippen LogP contribution is 2.30. The highest BCUT2D eigenvalue weighted by Gasteiger charge is 2.29. The van der Waals surface area contributed by atoms with E-state index in [1.807, 2.05) is 0 Å². The summed E-state index contributed by atoms with van der Waals surface area (Å²) in [6, 6.07) is 10.9. The molecule has 1 saturated carbocycles. The molecule has 5 nitrogen and oxygen atoms in total. The lowest BCUT2D eigenvalue weighted by Crippen LogP contribution is -2.31. The minimum Gasteiger partial charge on any atom is -0.484 e. The predicted molar refractivity (Wildman–Crippen MR) is 101 cm³/mol. The van der Waals surface area contributed by atoms with E-state index in [9.17, 15) is 14.0 Å². The first-order chi connectivity index (χ1) is 12.9. The molecule has 0 radical (unpaired) electrons. The van der Waals surface area contributed by atoms with Crippen molar-refractivity contribution in [3.8, 4) is 5.75 Å². The summed E-state index contributed by atoms with van der Waals surface area (Å²) < 4.78 is 18.7. The van der Waals surface area contributed by atoms with Crippen LogP contribution in [0.25, 0.3) is 0 Å². The molecular formula is C20H20ClFN2O3. The number of amides is 2. The van der Waals surface area contributed by atoms with E-state index in [1.54, 1.807) is 37.3 Å². The number of carbonyl (C=O) groups is 2. The molecule has 2 aromatic carbocycles. The molecule has 1 unspecified atom stereocenters. The number of hydrogen-bond donors (Lipinski definition) is 2. The number of hydrogen-bond acceptors (Lipinski definition) is 3. The second kappa shape index (κ2) is 8.39. The molecule has 3 rings (SSSR count). The fraction of sp³-hybridized carbons (Fsp3) is 0.300. The number of ether oxygens (including phenoxy) is 1. The quantitative estimate of drug-likeness (QED) is 0.748. The van der Waals surface area contributed by atoms with Gasteiger partial charge in [-0.1, -0.05) is 23.7 Å². The van der Waals surface area contributed by atoms with Gasteiger partial charge < -0.3 is 15.4 Å². The second-order valence-corrected chi connectivity index (χ2v) is 6.95. The fourth-order valence-electron chi connectivity index (χ4n) is 2.55. The van der Waals surface area contributed by atoms with Crippen LogP contribution in [0.3, 0.4) is 0 Å². The molecule has 142 valence electrons. The first-order valence-electron chi connectivity index (χ1n) is 8.70. The standard InChI is InChI=1S/C20H20ClFN2O3/c1-12(14-7-8-18(22)17(21)9-14)23-19(25)11-27-16-4-2-3-15(10-16)24-20(26)13-5-6-13/h2-4,7-10,12-13H,5-6,11H2,1H3,(H,23,25)(H,24,26). The molecule has 2 aromatic rings. The summed E-state index contributed by atoms with van der Waals surface area (Å²) in [6.45, 7) is 1.59. The van der Waals surface area contributed by atoms with E-state index in [0.717, 1.165) is 12.8 Å². The number of rotatable bonds is 7. The number of halogens is 2. The zero-order valence-corrected chi connectivity index (χ0v) is 15.6. The van der Waals surface area contributed by atoms with E-state index < -0.39 is 5.82 Å². The minimum absolute atomic E-state index is 0.00917. The van der Waals surface area contributed by atoms with E-state index in [-0.39, 0.29) is 35.4 Å². The Kier molecular flexibility index (Phi) is 5.96. The molecule has 0 spiro atoms. The van der Waals surface area contributed by atoms with Crippen molar-refractivity contribution in [2.75, 3.05) is 11.9 Å². The number of anilines is 1. The summed E-state index contributed by atoms with van der Waals surface area (Å²) in [5.41, 5.74) is 1.33. The maximum atomic E-state index is 13.2. The van der Waals surface area contributed by atoms with Crippen molar-refractivity contribution in [3.05, 3.63) is 58.9 Å². The number of carbonyl (C=O) groups excluding carboxylic acids is 2. The summed E-state index contributed by atoms with van der Waals surface area (Å²) in [4.78, 5) is 23.9. The van der Waals surface area contributed by atoms with Crippen LogP contribution in [0.2, 0.25) is 5.02 Å². The van der Waals surface area contributed by atoms with Gasteiger partial charge in [0.1, 0.15) is 11.6 Å². The van der Waals surface area contributed by atoms with Crippen molar-refractivity contribution < 1.29 is 18.7 Å². The summed E-state index contributed by atoms with van der Waals surface area (Å²) in [5.74, 6) is -0.221. The van der Waals surface area contributed by atoms with Gasteiger partial charge in [0.2, 0.25) is 5.91 Å². The SMILES string of the molecule is CC(NC(=O)COc1cccc(NC(=O)C2CC2)c1)c1ccc(F)c(Cl)c1.